The zero-order valence-electron chi connectivity index (χ0n) is 17.3. The van der Waals surface area contributed by atoms with E-state index < -0.39 is 0 Å². The summed E-state index contributed by atoms with van der Waals surface area (Å²) in [5, 5.41) is 14.6. The zero-order valence-corrected chi connectivity index (χ0v) is 17.3. The Labute approximate surface area is 180 Å². The fourth-order valence-corrected chi connectivity index (χ4v) is 4.16. The number of hydrogen-bond donors (Lipinski definition) is 2. The standard InChI is InChI=1S/C23H26N6O2/c30-21(25-19-6-2-1-5-18(19)23(31)24-17-8-9-17)15-28-13-10-16(11-14-28)22-27-26-20-7-3-4-12-29(20)22/h1-7,12,16-17H,8-11,13-15H2,(H,24,31)(H,25,30). The van der Waals surface area contributed by atoms with Gasteiger partial charge in [0, 0.05) is 18.2 Å². The van der Waals surface area contributed by atoms with Crippen molar-refractivity contribution in [3.05, 3.63) is 60.0 Å². The number of nitrogens with one attached hydrogen (secondary N) is 2. The molecule has 0 unspecified atom stereocenters. The molecule has 8 nitrogen and oxygen atoms in total. The number of benzene rings is 1. The molecule has 2 amide bonds. The third kappa shape index (κ3) is 4.44. The van der Waals surface area contributed by atoms with Crippen molar-refractivity contribution in [2.75, 3.05) is 25.0 Å². The Balaban J connectivity index is 1.17. The van der Waals surface area contributed by atoms with E-state index >= 15 is 0 Å². The Morgan fingerprint density at radius 1 is 0.968 bits per heavy atom. The molecule has 3 aromatic rings. The van der Waals surface area contributed by atoms with E-state index in [9.17, 15) is 9.59 Å². The number of carbonyl (C=O) groups excluding carboxylic acids is 2. The number of fused-ring (bicyclic) bond motifs is 1. The van der Waals surface area contributed by atoms with Gasteiger partial charge in [-0.2, -0.15) is 0 Å². The Kier molecular flexibility index (Phi) is 5.38. The van der Waals surface area contributed by atoms with Gasteiger partial charge in [0.2, 0.25) is 5.91 Å². The summed E-state index contributed by atoms with van der Waals surface area (Å²) in [6.07, 6.45) is 5.93. The number of rotatable bonds is 6. The smallest absolute Gasteiger partial charge is 0.253 e. The number of para-hydroxylation sites is 1. The van der Waals surface area contributed by atoms with Gasteiger partial charge >= 0.3 is 0 Å². The highest BCUT2D eigenvalue weighted by Gasteiger charge is 2.27. The van der Waals surface area contributed by atoms with Gasteiger partial charge in [-0.05, 0) is 63.0 Å². The number of amides is 2. The van der Waals surface area contributed by atoms with Gasteiger partial charge in [-0.1, -0.05) is 18.2 Å². The zero-order chi connectivity index (χ0) is 21.2. The van der Waals surface area contributed by atoms with Crippen molar-refractivity contribution in [2.45, 2.75) is 37.6 Å². The minimum Gasteiger partial charge on any atom is -0.349 e. The normalized spacial score (nSPS) is 17.5. The molecule has 5 rings (SSSR count). The number of pyridine rings is 1. The van der Waals surface area contributed by atoms with E-state index in [1.54, 1.807) is 12.1 Å². The van der Waals surface area contributed by atoms with E-state index in [1.807, 2.05) is 36.5 Å². The first kappa shape index (κ1) is 19.7. The third-order valence-electron chi connectivity index (χ3n) is 6.02. The molecule has 2 N–H and O–H groups in total. The molecular weight excluding hydrogens is 392 g/mol. The molecule has 0 radical (unpaired) electrons. The fourth-order valence-electron chi connectivity index (χ4n) is 4.16. The van der Waals surface area contributed by atoms with Gasteiger partial charge in [0.1, 0.15) is 5.82 Å². The predicted octanol–water partition coefficient (Wildman–Crippen LogP) is 2.44. The average molecular weight is 419 g/mol. The van der Waals surface area contributed by atoms with Gasteiger partial charge < -0.3 is 10.6 Å². The second-order valence-electron chi connectivity index (χ2n) is 8.38. The molecule has 160 valence electrons. The first-order valence-electron chi connectivity index (χ1n) is 10.9. The van der Waals surface area contributed by atoms with Crippen LogP contribution in [0.25, 0.3) is 5.65 Å². The molecule has 2 fully saturated rings. The number of nitrogens with zero attached hydrogens (tertiary/aromatic N) is 4. The topological polar surface area (TPSA) is 91.6 Å². The summed E-state index contributed by atoms with van der Waals surface area (Å²) in [5.41, 5.74) is 1.94. The molecule has 2 aliphatic rings. The first-order valence-corrected chi connectivity index (χ1v) is 10.9. The lowest BCUT2D eigenvalue weighted by Crippen LogP contribution is -2.39. The fraction of sp³-hybridized carbons (Fsp3) is 0.391. The molecule has 1 saturated heterocycles. The van der Waals surface area contributed by atoms with Crippen LogP contribution in [0.4, 0.5) is 5.69 Å². The molecule has 31 heavy (non-hydrogen) atoms. The molecule has 0 atom stereocenters. The van der Waals surface area contributed by atoms with Crippen molar-refractivity contribution in [3.63, 3.8) is 0 Å². The van der Waals surface area contributed by atoms with E-state index in [0.29, 0.717) is 23.7 Å². The molecule has 1 aliphatic heterocycles. The Morgan fingerprint density at radius 2 is 1.74 bits per heavy atom. The summed E-state index contributed by atoms with van der Waals surface area (Å²) in [4.78, 5) is 27.3. The third-order valence-corrected chi connectivity index (χ3v) is 6.02. The lowest BCUT2D eigenvalue weighted by atomic mass is 9.96. The lowest BCUT2D eigenvalue weighted by Gasteiger charge is -2.30. The van der Waals surface area contributed by atoms with Crippen LogP contribution in [-0.2, 0) is 4.79 Å². The Morgan fingerprint density at radius 3 is 2.55 bits per heavy atom. The number of anilines is 1. The van der Waals surface area contributed by atoms with Crippen LogP contribution in [0.2, 0.25) is 0 Å². The van der Waals surface area contributed by atoms with Crippen LogP contribution in [0.5, 0.6) is 0 Å². The number of hydrogen-bond acceptors (Lipinski definition) is 5. The molecule has 1 aromatic carbocycles. The summed E-state index contributed by atoms with van der Waals surface area (Å²) in [7, 11) is 0. The maximum Gasteiger partial charge on any atom is 0.253 e. The molecule has 2 aromatic heterocycles. The molecule has 0 spiro atoms. The van der Waals surface area contributed by atoms with Gasteiger partial charge in [0.05, 0.1) is 17.8 Å². The second kappa shape index (κ2) is 8.47. The van der Waals surface area contributed by atoms with Crippen molar-refractivity contribution >= 4 is 23.1 Å². The van der Waals surface area contributed by atoms with Crippen LogP contribution >= 0.6 is 0 Å². The number of carbonyl (C=O) groups is 2. The van der Waals surface area contributed by atoms with E-state index in [4.69, 9.17) is 0 Å². The number of likely N-dealkylation sites (tertiary alicyclic amines) is 1. The molecular formula is C23H26N6O2. The monoisotopic (exact) mass is 418 g/mol. The summed E-state index contributed by atoms with van der Waals surface area (Å²) in [6, 6.07) is 13.4. The van der Waals surface area contributed by atoms with Crippen LogP contribution in [0.15, 0.2) is 48.7 Å². The first-order chi connectivity index (χ1) is 15.2. The maximum atomic E-state index is 12.7. The SMILES string of the molecule is O=C(CN1CCC(c2nnc3ccccn23)CC1)Nc1ccccc1C(=O)NC1CC1. The maximum absolute atomic E-state index is 12.7. The lowest BCUT2D eigenvalue weighted by molar-refractivity contribution is -0.117. The summed E-state index contributed by atoms with van der Waals surface area (Å²) in [5.74, 6) is 1.11. The Hall–Kier alpha value is -3.26. The van der Waals surface area contributed by atoms with Crippen molar-refractivity contribution in [1.82, 2.24) is 24.8 Å². The molecule has 1 aliphatic carbocycles. The van der Waals surface area contributed by atoms with Gasteiger partial charge in [-0.15, -0.1) is 10.2 Å². The summed E-state index contributed by atoms with van der Waals surface area (Å²) in [6.45, 7) is 1.96. The highest BCUT2D eigenvalue weighted by atomic mass is 16.2. The second-order valence-corrected chi connectivity index (χ2v) is 8.38. The molecule has 1 saturated carbocycles. The predicted molar refractivity (Wildman–Crippen MR) is 117 cm³/mol. The van der Waals surface area contributed by atoms with Crippen LogP contribution in [0.3, 0.4) is 0 Å². The highest BCUT2D eigenvalue weighted by Crippen LogP contribution is 2.27. The van der Waals surface area contributed by atoms with Gasteiger partial charge in [-0.3, -0.25) is 18.9 Å². The van der Waals surface area contributed by atoms with Crippen molar-refractivity contribution in [1.29, 1.82) is 0 Å². The Bertz CT molecular complexity index is 1100. The van der Waals surface area contributed by atoms with E-state index in [1.165, 1.54) is 0 Å². The minimum atomic E-state index is -0.125. The van der Waals surface area contributed by atoms with E-state index in [-0.39, 0.29) is 17.9 Å². The molecule has 0 bridgehead atoms. The van der Waals surface area contributed by atoms with Crippen molar-refractivity contribution in [3.8, 4) is 0 Å². The largest absolute Gasteiger partial charge is 0.349 e. The van der Waals surface area contributed by atoms with Gasteiger partial charge in [-0.25, -0.2) is 0 Å². The van der Waals surface area contributed by atoms with Gasteiger partial charge in [0.15, 0.2) is 5.65 Å². The minimum absolute atomic E-state index is 0.0990. The number of aromatic nitrogens is 3. The van der Waals surface area contributed by atoms with Crippen LogP contribution in [-0.4, -0.2) is 57.0 Å². The van der Waals surface area contributed by atoms with Crippen molar-refractivity contribution in [2.24, 2.45) is 0 Å². The quantitative estimate of drug-likeness (QED) is 0.642. The molecule has 8 heteroatoms. The van der Waals surface area contributed by atoms with Gasteiger partial charge in [0.25, 0.3) is 5.91 Å². The van der Waals surface area contributed by atoms with E-state index in [2.05, 4.69) is 30.1 Å². The molecule has 3 heterocycles. The van der Waals surface area contributed by atoms with Crippen LogP contribution in [0.1, 0.15) is 47.8 Å². The summed E-state index contributed by atoms with van der Waals surface area (Å²) < 4.78 is 2.05. The van der Waals surface area contributed by atoms with Crippen LogP contribution < -0.4 is 10.6 Å². The average Bonchev–Trinajstić information content (AvgIpc) is 3.50. The van der Waals surface area contributed by atoms with E-state index in [0.717, 1.165) is 50.2 Å². The summed E-state index contributed by atoms with van der Waals surface area (Å²) >= 11 is 0. The van der Waals surface area contributed by atoms with Crippen molar-refractivity contribution < 1.29 is 9.59 Å². The number of piperidine rings is 1. The van der Waals surface area contributed by atoms with Crippen LogP contribution in [0, 0.1) is 0 Å². The highest BCUT2D eigenvalue weighted by molar-refractivity contribution is 6.04.